The number of rotatable bonds is 6. The van der Waals surface area contributed by atoms with Crippen LogP contribution >= 0.6 is 0 Å². The third-order valence-electron chi connectivity index (χ3n) is 5.79. The number of allylic oxidation sites excluding steroid dienone is 1. The molecule has 6 heteroatoms. The van der Waals surface area contributed by atoms with Crippen LogP contribution in [0.3, 0.4) is 0 Å². The highest BCUT2D eigenvalue weighted by Crippen LogP contribution is 2.50. The highest BCUT2D eigenvalue weighted by Gasteiger charge is 2.48. The minimum absolute atomic E-state index is 0.0909. The van der Waals surface area contributed by atoms with E-state index in [1.807, 2.05) is 26.0 Å². The summed E-state index contributed by atoms with van der Waals surface area (Å²) < 4.78 is 16.6. The van der Waals surface area contributed by atoms with E-state index in [-0.39, 0.29) is 11.2 Å². The molecule has 2 aliphatic rings. The zero-order chi connectivity index (χ0) is 22.1. The molecule has 162 valence electrons. The van der Waals surface area contributed by atoms with Gasteiger partial charge in [-0.25, -0.2) is 4.79 Å². The molecule has 1 aromatic rings. The predicted octanol–water partition coefficient (Wildman–Crippen LogP) is 4.47. The van der Waals surface area contributed by atoms with Gasteiger partial charge in [0.25, 0.3) is 0 Å². The number of nitrogens with zero attached hydrogens (tertiary/aromatic N) is 1. The van der Waals surface area contributed by atoms with Crippen molar-refractivity contribution >= 4 is 17.5 Å². The molecule has 0 bridgehead atoms. The second-order valence-electron chi connectivity index (χ2n) is 8.76. The Labute approximate surface area is 178 Å². The third kappa shape index (κ3) is 4.00. The van der Waals surface area contributed by atoms with E-state index in [9.17, 15) is 9.59 Å². The molecule has 0 saturated heterocycles. The van der Waals surface area contributed by atoms with Crippen molar-refractivity contribution in [1.82, 2.24) is 0 Å². The fourth-order valence-electron chi connectivity index (χ4n) is 4.62. The number of methoxy groups -OCH3 is 2. The molecule has 6 nitrogen and oxygen atoms in total. The van der Waals surface area contributed by atoms with Gasteiger partial charge in [0.05, 0.1) is 32.3 Å². The number of para-hydroxylation sites is 1. The lowest BCUT2D eigenvalue weighted by Crippen LogP contribution is -2.44. The van der Waals surface area contributed by atoms with Gasteiger partial charge in [-0.3, -0.25) is 9.79 Å². The van der Waals surface area contributed by atoms with Crippen LogP contribution in [-0.2, 0) is 14.3 Å². The van der Waals surface area contributed by atoms with Crippen LogP contribution in [0.25, 0.3) is 0 Å². The minimum atomic E-state index is -0.518. The molecule has 1 fully saturated rings. The first kappa shape index (κ1) is 22.1. The lowest BCUT2D eigenvalue weighted by Gasteiger charge is -2.41. The second kappa shape index (κ2) is 8.62. The van der Waals surface area contributed by atoms with Crippen LogP contribution < -0.4 is 9.47 Å². The number of carbonyl (C=O) groups excluding carboxylic acids is 2. The molecule has 30 heavy (non-hydrogen) atoms. The molecule has 1 aliphatic carbocycles. The van der Waals surface area contributed by atoms with Gasteiger partial charge in [-0.05, 0) is 31.2 Å². The highest BCUT2D eigenvalue weighted by atomic mass is 16.5. The van der Waals surface area contributed by atoms with Crippen molar-refractivity contribution in [2.24, 2.45) is 16.3 Å². The van der Waals surface area contributed by atoms with E-state index in [1.54, 1.807) is 20.3 Å². The summed E-state index contributed by atoms with van der Waals surface area (Å²) in [4.78, 5) is 31.2. The number of ketones is 1. The van der Waals surface area contributed by atoms with Crippen molar-refractivity contribution in [1.29, 1.82) is 0 Å². The van der Waals surface area contributed by atoms with E-state index >= 15 is 0 Å². The largest absolute Gasteiger partial charge is 0.493 e. The first-order valence-corrected chi connectivity index (χ1v) is 10.4. The minimum Gasteiger partial charge on any atom is -0.493 e. The Bertz CT molecular complexity index is 912. The molecule has 0 aromatic heterocycles. The van der Waals surface area contributed by atoms with Gasteiger partial charge in [0.1, 0.15) is 5.78 Å². The van der Waals surface area contributed by atoms with Crippen molar-refractivity contribution in [2.45, 2.75) is 52.9 Å². The molecular weight excluding hydrogens is 382 g/mol. The number of esters is 1. The van der Waals surface area contributed by atoms with E-state index in [0.717, 1.165) is 17.7 Å². The lowest BCUT2D eigenvalue weighted by molar-refractivity contribution is -0.139. The van der Waals surface area contributed by atoms with Crippen molar-refractivity contribution < 1.29 is 23.8 Å². The van der Waals surface area contributed by atoms with Crippen LogP contribution in [0.2, 0.25) is 0 Å². The summed E-state index contributed by atoms with van der Waals surface area (Å²) in [5.41, 5.74) is 2.44. The summed E-state index contributed by atoms with van der Waals surface area (Å²) in [6.45, 7) is 8.24. The Balaban J connectivity index is 2.22. The SMILES string of the molecule is CCCOC(=O)C1=C(C)N=C2CC(C)(C)CC(=O)[C@H]2[C@@H]1c1cccc(OC)c1OC. The van der Waals surface area contributed by atoms with E-state index in [2.05, 4.69) is 13.8 Å². The maximum absolute atomic E-state index is 13.3. The molecule has 0 amide bonds. The Morgan fingerprint density at radius 3 is 2.53 bits per heavy atom. The summed E-state index contributed by atoms with van der Waals surface area (Å²) in [6.07, 6.45) is 1.87. The van der Waals surface area contributed by atoms with Crippen molar-refractivity contribution in [2.75, 3.05) is 20.8 Å². The van der Waals surface area contributed by atoms with Gasteiger partial charge in [-0.15, -0.1) is 0 Å². The molecule has 3 rings (SSSR count). The number of Topliss-reactive ketones (excluding diaryl/α,β-unsaturated/α-hetero) is 1. The number of carbonyl (C=O) groups is 2. The molecule has 0 N–H and O–H groups in total. The van der Waals surface area contributed by atoms with Crippen LogP contribution in [0.4, 0.5) is 0 Å². The van der Waals surface area contributed by atoms with Crippen LogP contribution in [0.5, 0.6) is 11.5 Å². The Hall–Kier alpha value is -2.63. The summed E-state index contributed by atoms with van der Waals surface area (Å²) in [7, 11) is 3.14. The average molecular weight is 414 g/mol. The van der Waals surface area contributed by atoms with Crippen LogP contribution in [0.1, 0.15) is 58.4 Å². The Kier molecular flexibility index (Phi) is 6.34. The van der Waals surface area contributed by atoms with Crippen molar-refractivity contribution in [3.05, 3.63) is 35.0 Å². The van der Waals surface area contributed by atoms with Gasteiger partial charge in [-0.1, -0.05) is 32.9 Å². The molecule has 0 radical (unpaired) electrons. The number of fused-ring (bicyclic) bond motifs is 1. The summed E-state index contributed by atoms with van der Waals surface area (Å²) in [6, 6.07) is 5.55. The normalized spacial score (nSPS) is 22.9. The molecule has 1 saturated carbocycles. The maximum Gasteiger partial charge on any atom is 0.336 e. The van der Waals surface area contributed by atoms with E-state index in [1.165, 1.54) is 0 Å². The monoisotopic (exact) mass is 413 g/mol. The number of hydrogen-bond acceptors (Lipinski definition) is 6. The average Bonchev–Trinajstić information content (AvgIpc) is 2.69. The zero-order valence-corrected chi connectivity index (χ0v) is 18.7. The predicted molar refractivity (Wildman–Crippen MR) is 115 cm³/mol. The number of benzene rings is 1. The van der Waals surface area contributed by atoms with Gasteiger partial charge < -0.3 is 14.2 Å². The summed E-state index contributed by atoms with van der Waals surface area (Å²) in [5, 5.41) is 0. The summed E-state index contributed by atoms with van der Waals surface area (Å²) >= 11 is 0. The topological polar surface area (TPSA) is 74.2 Å². The van der Waals surface area contributed by atoms with Crippen molar-refractivity contribution in [3.8, 4) is 11.5 Å². The number of ether oxygens (including phenoxy) is 3. The Morgan fingerprint density at radius 2 is 1.90 bits per heavy atom. The van der Waals surface area contributed by atoms with E-state index in [0.29, 0.717) is 42.2 Å². The van der Waals surface area contributed by atoms with Gasteiger partial charge in [0.15, 0.2) is 11.5 Å². The van der Waals surface area contributed by atoms with Gasteiger partial charge in [-0.2, -0.15) is 0 Å². The van der Waals surface area contributed by atoms with E-state index in [4.69, 9.17) is 19.2 Å². The van der Waals surface area contributed by atoms with Gasteiger partial charge in [0.2, 0.25) is 0 Å². The lowest BCUT2D eigenvalue weighted by atomic mass is 9.63. The molecule has 0 spiro atoms. The molecule has 1 aromatic carbocycles. The summed E-state index contributed by atoms with van der Waals surface area (Å²) in [5.74, 6) is -0.278. The van der Waals surface area contributed by atoms with Crippen LogP contribution in [0, 0.1) is 11.3 Å². The second-order valence-corrected chi connectivity index (χ2v) is 8.76. The highest BCUT2D eigenvalue weighted by molar-refractivity contribution is 6.12. The first-order chi connectivity index (χ1) is 14.2. The fourth-order valence-corrected chi connectivity index (χ4v) is 4.62. The van der Waals surface area contributed by atoms with Crippen molar-refractivity contribution in [3.63, 3.8) is 0 Å². The zero-order valence-electron chi connectivity index (χ0n) is 18.7. The maximum atomic E-state index is 13.3. The molecule has 2 atom stereocenters. The first-order valence-electron chi connectivity index (χ1n) is 10.4. The fraction of sp³-hybridized carbons (Fsp3) is 0.542. The van der Waals surface area contributed by atoms with Crippen LogP contribution in [0.15, 0.2) is 34.5 Å². The number of aliphatic imine (C=N–C) groups is 1. The molecular formula is C24H31NO5. The Morgan fingerprint density at radius 1 is 1.17 bits per heavy atom. The standard InChI is InChI=1S/C24H31NO5/c1-7-11-30-23(27)19-14(2)25-16-12-24(3,4)13-17(26)21(16)20(19)15-9-8-10-18(28-5)22(15)29-6/h8-10,20-21H,7,11-13H2,1-6H3/t20-,21+/m1/s1. The third-order valence-corrected chi connectivity index (χ3v) is 5.79. The van der Waals surface area contributed by atoms with Gasteiger partial charge in [0, 0.05) is 29.3 Å². The van der Waals surface area contributed by atoms with Crippen LogP contribution in [-0.4, -0.2) is 38.3 Å². The van der Waals surface area contributed by atoms with E-state index < -0.39 is 17.8 Å². The molecule has 0 unspecified atom stereocenters. The number of hydrogen-bond donors (Lipinski definition) is 0. The smallest absolute Gasteiger partial charge is 0.336 e. The molecule has 1 heterocycles. The van der Waals surface area contributed by atoms with Gasteiger partial charge >= 0.3 is 5.97 Å². The quantitative estimate of drug-likeness (QED) is 0.643. The molecule has 1 aliphatic heterocycles.